The molecule has 25 heavy (non-hydrogen) atoms. The summed E-state index contributed by atoms with van der Waals surface area (Å²) < 4.78 is 43.7. The van der Waals surface area contributed by atoms with Crippen LogP contribution in [0.1, 0.15) is 32.3 Å². The minimum atomic E-state index is -4.55. The third-order valence-corrected chi connectivity index (χ3v) is 5.82. The highest BCUT2D eigenvalue weighted by molar-refractivity contribution is 6.30. The van der Waals surface area contributed by atoms with E-state index in [1.165, 1.54) is 30.2 Å². The number of halogens is 4. The van der Waals surface area contributed by atoms with Crippen LogP contribution in [0.15, 0.2) is 18.2 Å². The van der Waals surface area contributed by atoms with Crippen molar-refractivity contribution in [1.82, 2.24) is 4.90 Å². The van der Waals surface area contributed by atoms with Gasteiger partial charge in [-0.1, -0.05) is 18.5 Å². The van der Waals surface area contributed by atoms with E-state index in [0.717, 1.165) is 5.06 Å². The van der Waals surface area contributed by atoms with Crippen molar-refractivity contribution < 1.29 is 22.8 Å². The lowest BCUT2D eigenvalue weighted by molar-refractivity contribution is -0.212. The van der Waals surface area contributed by atoms with Crippen LogP contribution in [0.5, 0.6) is 0 Å². The normalized spacial score (nSPS) is 25.6. The van der Waals surface area contributed by atoms with Gasteiger partial charge < -0.3 is 4.90 Å². The number of amides is 2. The number of urea groups is 1. The average Bonchev–Trinajstić information content (AvgIpc) is 3.28. The van der Waals surface area contributed by atoms with Gasteiger partial charge in [-0.05, 0) is 48.9 Å². The van der Waals surface area contributed by atoms with E-state index in [4.69, 9.17) is 16.4 Å². The molecule has 8 heteroatoms. The molecule has 0 bridgehead atoms. The van der Waals surface area contributed by atoms with E-state index in [2.05, 4.69) is 0 Å². The highest BCUT2D eigenvalue weighted by Crippen LogP contribution is 2.67. The van der Waals surface area contributed by atoms with E-state index in [1.807, 2.05) is 0 Å². The number of hydrogen-bond donors (Lipinski definition) is 0. The van der Waals surface area contributed by atoms with E-state index < -0.39 is 29.6 Å². The fourth-order valence-corrected chi connectivity index (χ4v) is 4.01. The number of hydroxylamine groups is 1. The van der Waals surface area contributed by atoms with Crippen molar-refractivity contribution in [3.05, 3.63) is 28.8 Å². The van der Waals surface area contributed by atoms with Crippen LogP contribution in [0.3, 0.4) is 0 Å². The predicted molar refractivity (Wildman–Crippen MR) is 88.7 cm³/mol. The highest BCUT2D eigenvalue weighted by atomic mass is 35.5. The van der Waals surface area contributed by atoms with Crippen LogP contribution in [0.2, 0.25) is 5.02 Å². The first-order valence-electron chi connectivity index (χ1n) is 8.11. The summed E-state index contributed by atoms with van der Waals surface area (Å²) in [6.07, 6.45) is -3.66. The molecule has 3 rings (SSSR count). The number of nitrogens with zero attached hydrogens (tertiary/aromatic N) is 2. The molecule has 2 amide bonds. The quantitative estimate of drug-likeness (QED) is 0.761. The average molecular weight is 377 g/mol. The van der Waals surface area contributed by atoms with Gasteiger partial charge in [0.05, 0.1) is 12.8 Å². The maximum absolute atomic E-state index is 14.6. The topological polar surface area (TPSA) is 32.8 Å². The molecule has 0 radical (unpaired) electrons. The van der Waals surface area contributed by atoms with Crippen LogP contribution in [0, 0.1) is 5.41 Å². The van der Waals surface area contributed by atoms with Gasteiger partial charge in [0.1, 0.15) is 5.41 Å². The Kier molecular flexibility index (Phi) is 4.23. The summed E-state index contributed by atoms with van der Waals surface area (Å²) in [6, 6.07) is 3.61. The number of likely N-dealkylation sites (N-methyl/N-ethyl adjacent to an activating group) is 1. The fourth-order valence-electron chi connectivity index (χ4n) is 3.84. The first-order valence-corrected chi connectivity index (χ1v) is 8.49. The molecule has 4 nitrogen and oxygen atoms in total. The fraction of sp³-hybridized carbons (Fsp3) is 0.588. The lowest BCUT2D eigenvalue weighted by atomic mass is 9.67. The summed E-state index contributed by atoms with van der Waals surface area (Å²) in [5, 5.41) is 1.12. The summed E-state index contributed by atoms with van der Waals surface area (Å²) in [4.78, 5) is 19.1. The molecule has 2 aliphatic rings. The van der Waals surface area contributed by atoms with Crippen molar-refractivity contribution in [2.75, 3.05) is 25.3 Å². The minimum Gasteiger partial charge on any atom is -0.322 e. The zero-order valence-electron chi connectivity index (χ0n) is 14.3. The number of carbonyl (C=O) groups excluding carboxylic acids is 1. The molecule has 0 spiro atoms. The molecule has 1 fully saturated rings. The molecule has 1 aliphatic heterocycles. The molecule has 1 atom stereocenters. The second kappa shape index (κ2) is 5.77. The van der Waals surface area contributed by atoms with Crippen molar-refractivity contribution in [3.63, 3.8) is 0 Å². The largest absolute Gasteiger partial charge is 0.400 e. The lowest BCUT2D eigenvalue weighted by Crippen LogP contribution is -2.56. The molecule has 0 aromatic heterocycles. The Labute approximate surface area is 149 Å². The number of hydrogen-bond acceptors (Lipinski definition) is 2. The molecule has 1 saturated carbocycles. The third kappa shape index (κ3) is 2.51. The van der Waals surface area contributed by atoms with Crippen molar-refractivity contribution in [3.8, 4) is 0 Å². The van der Waals surface area contributed by atoms with Gasteiger partial charge in [-0.25, -0.2) is 4.79 Å². The molecule has 1 aromatic rings. The smallest absolute Gasteiger partial charge is 0.322 e. The number of fused-ring (bicyclic) bond motifs is 1. The maximum atomic E-state index is 14.6. The summed E-state index contributed by atoms with van der Waals surface area (Å²) in [7, 11) is 1.27. The number of alkyl halides is 3. The van der Waals surface area contributed by atoms with Gasteiger partial charge in [0.15, 0.2) is 0 Å². The van der Waals surface area contributed by atoms with Crippen molar-refractivity contribution in [2.45, 2.75) is 38.3 Å². The van der Waals surface area contributed by atoms with Crippen LogP contribution in [0.4, 0.5) is 23.7 Å². The number of benzene rings is 1. The van der Waals surface area contributed by atoms with Crippen LogP contribution in [-0.4, -0.2) is 37.3 Å². The third-order valence-electron chi connectivity index (χ3n) is 5.59. The molecule has 1 unspecified atom stereocenters. The van der Waals surface area contributed by atoms with E-state index in [1.54, 1.807) is 13.8 Å². The Hall–Kier alpha value is -1.47. The highest BCUT2D eigenvalue weighted by Gasteiger charge is 2.71. The van der Waals surface area contributed by atoms with Crippen LogP contribution in [0.25, 0.3) is 0 Å². The zero-order valence-corrected chi connectivity index (χ0v) is 15.0. The Morgan fingerprint density at radius 3 is 2.44 bits per heavy atom. The molecule has 1 aromatic carbocycles. The number of anilines is 1. The van der Waals surface area contributed by atoms with E-state index in [9.17, 15) is 18.0 Å². The van der Waals surface area contributed by atoms with Gasteiger partial charge in [0.25, 0.3) is 0 Å². The Bertz CT molecular complexity index is 698. The predicted octanol–water partition coefficient (Wildman–Crippen LogP) is 4.76. The van der Waals surface area contributed by atoms with Gasteiger partial charge in [-0.15, -0.1) is 0 Å². The van der Waals surface area contributed by atoms with Gasteiger partial charge >= 0.3 is 12.2 Å². The number of rotatable bonds is 3. The van der Waals surface area contributed by atoms with Crippen molar-refractivity contribution in [1.29, 1.82) is 0 Å². The zero-order chi connectivity index (χ0) is 18.6. The first-order chi connectivity index (χ1) is 11.6. The summed E-state index contributed by atoms with van der Waals surface area (Å²) in [6.45, 7) is 2.99. The monoisotopic (exact) mass is 376 g/mol. The van der Waals surface area contributed by atoms with Gasteiger partial charge in [-0.3, -0.25) is 4.84 Å². The Morgan fingerprint density at radius 2 is 1.96 bits per heavy atom. The number of carbonyl (C=O) groups is 1. The van der Waals surface area contributed by atoms with Crippen LogP contribution in [-0.2, 0) is 10.3 Å². The molecule has 1 aliphatic carbocycles. The lowest BCUT2D eigenvalue weighted by Gasteiger charge is -2.43. The van der Waals surface area contributed by atoms with Gasteiger partial charge in [0.2, 0.25) is 0 Å². The van der Waals surface area contributed by atoms with E-state index in [0.29, 0.717) is 12.8 Å². The maximum Gasteiger partial charge on any atom is 0.400 e. The molecule has 0 saturated heterocycles. The molecular formula is C17H20ClF3N2O2. The molecule has 1 heterocycles. The second-order valence-electron chi connectivity index (χ2n) is 6.90. The molecular weight excluding hydrogens is 357 g/mol. The summed E-state index contributed by atoms with van der Waals surface area (Å²) >= 11 is 6.05. The Balaban J connectivity index is 2.37. The van der Waals surface area contributed by atoms with E-state index in [-0.39, 0.29) is 22.8 Å². The van der Waals surface area contributed by atoms with Crippen molar-refractivity contribution >= 4 is 23.3 Å². The minimum absolute atomic E-state index is 0.00125. The van der Waals surface area contributed by atoms with Crippen LogP contribution < -0.4 is 5.06 Å². The standard InChI is InChI=1S/C17H20ClF3N2O2/c1-4-22-10-16(17(19,20)21,15(2)7-8-15)12-9-11(18)5-6-13(12)23(25-3)14(22)24/h5-6,9H,4,7-8,10H2,1-3H3. The molecule has 138 valence electrons. The summed E-state index contributed by atoms with van der Waals surface area (Å²) in [5.74, 6) is 0. The molecule has 0 N–H and O–H groups in total. The first kappa shape index (κ1) is 18.3. The summed E-state index contributed by atoms with van der Waals surface area (Å²) in [5.41, 5.74) is -3.08. The van der Waals surface area contributed by atoms with Gasteiger partial charge in [0, 0.05) is 18.1 Å². The Morgan fingerprint density at radius 1 is 1.32 bits per heavy atom. The second-order valence-corrected chi connectivity index (χ2v) is 7.34. The van der Waals surface area contributed by atoms with Crippen molar-refractivity contribution in [2.24, 2.45) is 5.41 Å². The SMILES string of the molecule is CCN1CC(C(F)(F)F)(C2(C)CC2)c2cc(Cl)ccc2N(OC)C1=O. The van der Waals surface area contributed by atoms with Crippen LogP contribution >= 0.6 is 11.6 Å². The van der Waals surface area contributed by atoms with Gasteiger partial charge in [-0.2, -0.15) is 18.2 Å². The van der Waals surface area contributed by atoms with E-state index >= 15 is 0 Å².